The Bertz CT molecular complexity index is 976. The van der Waals surface area contributed by atoms with Gasteiger partial charge in [0.1, 0.15) is 5.82 Å². The fraction of sp³-hybridized carbons (Fsp3) is 0.524. The maximum atomic E-state index is 4.95. The zero-order valence-electron chi connectivity index (χ0n) is 16.0. The van der Waals surface area contributed by atoms with Crippen LogP contribution in [0.5, 0.6) is 0 Å². The van der Waals surface area contributed by atoms with E-state index in [-0.39, 0.29) is 0 Å². The van der Waals surface area contributed by atoms with E-state index in [1.165, 1.54) is 47.4 Å². The van der Waals surface area contributed by atoms with Crippen LogP contribution in [0, 0.1) is 13.8 Å². The standard InChI is InChI=1S/C21H27N5/c1-14-21(15(2)24(3)23-14)16-7-8-18-19(13-16)26-12-11-25(17-5-4-6-17)10-9-20(26)22-18/h7-8,13,17H,4-6,9-12H2,1-3H3. The van der Waals surface area contributed by atoms with E-state index >= 15 is 0 Å². The molecule has 0 N–H and O–H groups in total. The number of nitrogens with zero attached hydrogens (tertiary/aromatic N) is 5. The molecule has 5 heteroatoms. The van der Waals surface area contributed by atoms with Crippen molar-refractivity contribution in [2.24, 2.45) is 7.05 Å². The van der Waals surface area contributed by atoms with Gasteiger partial charge in [0.05, 0.1) is 16.7 Å². The second-order valence-corrected chi connectivity index (χ2v) is 7.92. The molecular formula is C21H27N5. The molecular weight excluding hydrogens is 322 g/mol. The average molecular weight is 349 g/mol. The molecule has 0 amide bonds. The summed E-state index contributed by atoms with van der Waals surface area (Å²) >= 11 is 0. The first-order valence-corrected chi connectivity index (χ1v) is 9.85. The van der Waals surface area contributed by atoms with Crippen LogP contribution in [0.4, 0.5) is 0 Å². The quantitative estimate of drug-likeness (QED) is 0.711. The van der Waals surface area contributed by atoms with Crippen LogP contribution in [-0.4, -0.2) is 43.4 Å². The van der Waals surface area contributed by atoms with Crippen LogP contribution in [0.15, 0.2) is 18.2 Å². The highest BCUT2D eigenvalue weighted by Crippen LogP contribution is 2.31. The van der Waals surface area contributed by atoms with Crippen LogP contribution in [0.25, 0.3) is 22.2 Å². The lowest BCUT2D eigenvalue weighted by Crippen LogP contribution is -2.41. The van der Waals surface area contributed by atoms with E-state index in [9.17, 15) is 0 Å². The van der Waals surface area contributed by atoms with E-state index in [0.29, 0.717) is 0 Å². The lowest BCUT2D eigenvalue weighted by Gasteiger charge is -2.36. The molecule has 3 heterocycles. The molecule has 0 atom stereocenters. The second-order valence-electron chi connectivity index (χ2n) is 7.92. The molecule has 1 aliphatic carbocycles. The third-order valence-corrected chi connectivity index (χ3v) is 6.45. The summed E-state index contributed by atoms with van der Waals surface area (Å²) in [6.07, 6.45) is 5.23. The van der Waals surface area contributed by atoms with Crippen molar-refractivity contribution in [3.63, 3.8) is 0 Å². The molecule has 2 aromatic heterocycles. The Balaban J connectivity index is 1.54. The number of benzene rings is 1. The van der Waals surface area contributed by atoms with Crippen LogP contribution in [0.1, 0.15) is 36.5 Å². The van der Waals surface area contributed by atoms with E-state index in [1.807, 2.05) is 11.7 Å². The van der Waals surface area contributed by atoms with Crippen molar-refractivity contribution in [1.82, 2.24) is 24.2 Å². The van der Waals surface area contributed by atoms with Crippen molar-refractivity contribution in [2.75, 3.05) is 13.1 Å². The number of hydrogen-bond acceptors (Lipinski definition) is 3. The lowest BCUT2D eigenvalue weighted by molar-refractivity contribution is 0.130. The fourth-order valence-corrected chi connectivity index (χ4v) is 4.66. The Labute approximate surface area is 154 Å². The van der Waals surface area contributed by atoms with Crippen molar-refractivity contribution in [2.45, 2.75) is 52.1 Å². The van der Waals surface area contributed by atoms with Gasteiger partial charge in [-0.05, 0) is 44.4 Å². The van der Waals surface area contributed by atoms with Gasteiger partial charge in [-0.25, -0.2) is 4.98 Å². The first-order chi connectivity index (χ1) is 12.6. The van der Waals surface area contributed by atoms with Crippen LogP contribution < -0.4 is 0 Å². The van der Waals surface area contributed by atoms with Crippen LogP contribution in [0.3, 0.4) is 0 Å². The highest BCUT2D eigenvalue weighted by atomic mass is 15.3. The Morgan fingerprint density at radius 2 is 1.92 bits per heavy atom. The molecule has 5 rings (SSSR count). The Hall–Kier alpha value is -2.14. The van der Waals surface area contributed by atoms with Crippen LogP contribution in [0.2, 0.25) is 0 Å². The summed E-state index contributed by atoms with van der Waals surface area (Å²) in [4.78, 5) is 7.63. The molecule has 136 valence electrons. The molecule has 1 fully saturated rings. The minimum atomic E-state index is 0.821. The van der Waals surface area contributed by atoms with E-state index in [1.54, 1.807) is 0 Å². The highest BCUT2D eigenvalue weighted by Gasteiger charge is 2.27. The average Bonchev–Trinajstić information content (AvgIpc) is 2.95. The second kappa shape index (κ2) is 5.95. The smallest absolute Gasteiger partial charge is 0.111 e. The van der Waals surface area contributed by atoms with Crippen molar-refractivity contribution in [3.05, 3.63) is 35.4 Å². The summed E-state index contributed by atoms with van der Waals surface area (Å²) < 4.78 is 4.43. The van der Waals surface area contributed by atoms with Crippen molar-refractivity contribution in [1.29, 1.82) is 0 Å². The predicted octanol–water partition coefficient (Wildman–Crippen LogP) is 3.46. The van der Waals surface area contributed by atoms with Gasteiger partial charge in [0.15, 0.2) is 0 Å². The summed E-state index contributed by atoms with van der Waals surface area (Å²) in [5.74, 6) is 1.25. The molecule has 3 aromatic rings. The van der Waals surface area contributed by atoms with Gasteiger partial charge in [-0.2, -0.15) is 5.10 Å². The van der Waals surface area contributed by atoms with E-state index in [4.69, 9.17) is 4.98 Å². The highest BCUT2D eigenvalue weighted by molar-refractivity contribution is 5.84. The normalized spacial score (nSPS) is 18.7. The summed E-state index contributed by atoms with van der Waals surface area (Å²) in [5, 5.41) is 4.59. The van der Waals surface area contributed by atoms with Crippen molar-refractivity contribution >= 4 is 11.0 Å². The van der Waals surface area contributed by atoms with Gasteiger partial charge >= 0.3 is 0 Å². The molecule has 2 aliphatic rings. The van der Waals surface area contributed by atoms with Gasteiger partial charge in [0, 0.05) is 50.4 Å². The predicted molar refractivity (Wildman–Crippen MR) is 104 cm³/mol. The third-order valence-electron chi connectivity index (χ3n) is 6.45. The maximum absolute atomic E-state index is 4.95. The molecule has 0 saturated heterocycles. The molecule has 1 saturated carbocycles. The maximum Gasteiger partial charge on any atom is 0.111 e. The number of hydrogen-bond donors (Lipinski definition) is 0. The molecule has 1 aliphatic heterocycles. The van der Waals surface area contributed by atoms with Gasteiger partial charge in [0.2, 0.25) is 0 Å². The van der Waals surface area contributed by atoms with Crippen molar-refractivity contribution in [3.8, 4) is 11.1 Å². The molecule has 26 heavy (non-hydrogen) atoms. The first-order valence-electron chi connectivity index (χ1n) is 9.85. The molecule has 5 nitrogen and oxygen atoms in total. The van der Waals surface area contributed by atoms with E-state index in [0.717, 1.165) is 43.3 Å². The Morgan fingerprint density at radius 1 is 1.08 bits per heavy atom. The summed E-state index contributed by atoms with van der Waals surface area (Å²) in [7, 11) is 2.02. The van der Waals surface area contributed by atoms with Gasteiger partial charge in [0.25, 0.3) is 0 Å². The van der Waals surface area contributed by atoms with Gasteiger partial charge in [-0.3, -0.25) is 9.58 Å². The fourth-order valence-electron chi connectivity index (χ4n) is 4.66. The molecule has 0 bridgehead atoms. The van der Waals surface area contributed by atoms with Crippen LogP contribution >= 0.6 is 0 Å². The molecule has 1 aromatic carbocycles. The Kier molecular flexibility index (Phi) is 3.67. The first kappa shape index (κ1) is 16.1. The SMILES string of the molecule is Cc1nn(C)c(C)c1-c1ccc2nc3n(c2c1)CCN(C1CCC1)CC3. The lowest BCUT2D eigenvalue weighted by atomic mass is 9.91. The molecule has 0 unspecified atom stereocenters. The zero-order chi connectivity index (χ0) is 17.8. The monoisotopic (exact) mass is 349 g/mol. The minimum Gasteiger partial charge on any atom is -0.327 e. The largest absolute Gasteiger partial charge is 0.327 e. The molecule has 0 radical (unpaired) electrons. The summed E-state index contributed by atoms with van der Waals surface area (Å²) in [5.41, 5.74) is 7.22. The number of fused-ring (bicyclic) bond motifs is 3. The topological polar surface area (TPSA) is 38.9 Å². The number of aryl methyl sites for hydroxylation is 2. The summed E-state index contributed by atoms with van der Waals surface area (Å²) in [6, 6.07) is 7.53. The van der Waals surface area contributed by atoms with Gasteiger partial charge < -0.3 is 4.57 Å². The van der Waals surface area contributed by atoms with Gasteiger partial charge in [-0.1, -0.05) is 12.5 Å². The van der Waals surface area contributed by atoms with Gasteiger partial charge in [-0.15, -0.1) is 0 Å². The minimum absolute atomic E-state index is 0.821. The third kappa shape index (κ3) is 2.41. The van der Waals surface area contributed by atoms with Crippen molar-refractivity contribution < 1.29 is 0 Å². The number of aromatic nitrogens is 4. The number of rotatable bonds is 2. The summed E-state index contributed by atoms with van der Waals surface area (Å²) in [6.45, 7) is 7.60. The van der Waals surface area contributed by atoms with Crippen LogP contribution in [-0.2, 0) is 20.0 Å². The molecule has 0 spiro atoms. The Morgan fingerprint density at radius 3 is 2.62 bits per heavy atom. The number of imidazole rings is 1. The van der Waals surface area contributed by atoms with E-state index < -0.39 is 0 Å². The zero-order valence-corrected chi connectivity index (χ0v) is 16.0. The van der Waals surface area contributed by atoms with E-state index in [2.05, 4.69) is 46.6 Å².